The van der Waals surface area contributed by atoms with Gasteiger partial charge in [-0.25, -0.2) is 8.42 Å². The molecule has 0 aliphatic carbocycles. The van der Waals surface area contributed by atoms with Crippen LogP contribution in [-0.2, 0) is 16.3 Å². The van der Waals surface area contributed by atoms with Crippen LogP contribution in [0.4, 0.5) is 0 Å². The SMILES string of the molecule is O=S(=O)(CCc1noc(-c2cncc(Br)c2)n1)c1ccccc1. The van der Waals surface area contributed by atoms with Crippen LogP contribution in [0.25, 0.3) is 11.5 Å². The lowest BCUT2D eigenvalue weighted by molar-refractivity contribution is 0.423. The summed E-state index contributed by atoms with van der Waals surface area (Å²) in [5, 5.41) is 3.83. The first kappa shape index (κ1) is 15.8. The average molecular weight is 394 g/mol. The van der Waals surface area contributed by atoms with Gasteiger partial charge in [-0.2, -0.15) is 4.98 Å². The quantitative estimate of drug-likeness (QED) is 0.662. The molecule has 2 heterocycles. The van der Waals surface area contributed by atoms with Gasteiger partial charge < -0.3 is 4.52 Å². The molecule has 0 saturated carbocycles. The number of rotatable bonds is 5. The monoisotopic (exact) mass is 393 g/mol. The number of aromatic nitrogens is 3. The Kier molecular flexibility index (Phi) is 4.53. The zero-order chi connectivity index (χ0) is 16.3. The number of halogens is 1. The lowest BCUT2D eigenvalue weighted by Gasteiger charge is -2.01. The summed E-state index contributed by atoms with van der Waals surface area (Å²) in [6.07, 6.45) is 3.43. The van der Waals surface area contributed by atoms with Gasteiger partial charge >= 0.3 is 0 Å². The molecule has 0 radical (unpaired) electrons. The van der Waals surface area contributed by atoms with E-state index < -0.39 is 9.84 Å². The largest absolute Gasteiger partial charge is 0.334 e. The molecule has 0 N–H and O–H groups in total. The Morgan fingerprint density at radius 1 is 1.13 bits per heavy atom. The van der Waals surface area contributed by atoms with Crippen LogP contribution in [-0.4, -0.2) is 29.3 Å². The van der Waals surface area contributed by atoms with Gasteiger partial charge in [-0.15, -0.1) is 0 Å². The molecule has 0 atom stereocenters. The molecule has 118 valence electrons. The highest BCUT2D eigenvalue weighted by molar-refractivity contribution is 9.10. The van der Waals surface area contributed by atoms with E-state index in [2.05, 4.69) is 31.1 Å². The lowest BCUT2D eigenvalue weighted by atomic mass is 10.3. The predicted molar refractivity (Wildman–Crippen MR) is 87.4 cm³/mol. The van der Waals surface area contributed by atoms with Crippen LogP contribution < -0.4 is 0 Å². The Bertz CT molecular complexity index is 910. The van der Waals surface area contributed by atoms with E-state index in [1.165, 1.54) is 0 Å². The molecule has 0 fully saturated rings. The van der Waals surface area contributed by atoms with Crippen molar-refractivity contribution in [1.82, 2.24) is 15.1 Å². The van der Waals surface area contributed by atoms with E-state index in [1.54, 1.807) is 48.8 Å². The maximum absolute atomic E-state index is 12.2. The Morgan fingerprint density at radius 3 is 2.65 bits per heavy atom. The van der Waals surface area contributed by atoms with E-state index in [1.807, 2.05) is 0 Å². The van der Waals surface area contributed by atoms with E-state index in [0.717, 1.165) is 4.47 Å². The van der Waals surface area contributed by atoms with E-state index in [0.29, 0.717) is 22.2 Å². The van der Waals surface area contributed by atoms with Gasteiger partial charge in [0.05, 0.1) is 16.2 Å². The molecule has 0 spiro atoms. The Labute approximate surface area is 141 Å². The molecule has 8 heteroatoms. The van der Waals surface area contributed by atoms with Crippen molar-refractivity contribution in [3.8, 4) is 11.5 Å². The topological polar surface area (TPSA) is 86.0 Å². The highest BCUT2D eigenvalue weighted by Gasteiger charge is 2.16. The minimum atomic E-state index is -3.36. The molecule has 0 saturated heterocycles. The van der Waals surface area contributed by atoms with Gasteiger partial charge in [0.25, 0.3) is 5.89 Å². The van der Waals surface area contributed by atoms with E-state index in [-0.39, 0.29) is 12.2 Å². The van der Waals surface area contributed by atoms with Crippen molar-refractivity contribution < 1.29 is 12.9 Å². The zero-order valence-electron chi connectivity index (χ0n) is 11.9. The Balaban J connectivity index is 1.73. The van der Waals surface area contributed by atoms with Gasteiger partial charge in [-0.05, 0) is 34.1 Å². The van der Waals surface area contributed by atoms with Crippen molar-refractivity contribution in [2.24, 2.45) is 0 Å². The van der Waals surface area contributed by atoms with Crippen molar-refractivity contribution in [3.05, 3.63) is 59.1 Å². The molecule has 6 nitrogen and oxygen atoms in total. The fourth-order valence-corrected chi connectivity index (χ4v) is 3.60. The Morgan fingerprint density at radius 2 is 1.91 bits per heavy atom. The Hall–Kier alpha value is -2.06. The number of hydrogen-bond donors (Lipinski definition) is 0. The van der Waals surface area contributed by atoms with Gasteiger partial charge in [0, 0.05) is 23.3 Å². The number of benzene rings is 1. The maximum Gasteiger partial charge on any atom is 0.259 e. The van der Waals surface area contributed by atoms with Gasteiger partial charge in [0.2, 0.25) is 0 Å². The molecule has 2 aromatic heterocycles. The van der Waals surface area contributed by atoms with Crippen LogP contribution in [0.5, 0.6) is 0 Å². The summed E-state index contributed by atoms with van der Waals surface area (Å²) >= 11 is 3.32. The first-order chi connectivity index (χ1) is 11.0. The van der Waals surface area contributed by atoms with E-state index >= 15 is 0 Å². The standard InChI is InChI=1S/C15H12BrN3O3S/c16-12-8-11(9-17-10-12)15-18-14(19-22-15)6-7-23(20,21)13-4-2-1-3-5-13/h1-5,8-10H,6-7H2. The zero-order valence-corrected chi connectivity index (χ0v) is 14.3. The second-order valence-corrected chi connectivity index (χ2v) is 7.81. The second kappa shape index (κ2) is 6.59. The van der Waals surface area contributed by atoms with Crippen molar-refractivity contribution in [2.75, 3.05) is 5.75 Å². The molecule has 3 rings (SSSR count). The van der Waals surface area contributed by atoms with Gasteiger partial charge in [0.15, 0.2) is 15.7 Å². The highest BCUT2D eigenvalue weighted by Crippen LogP contribution is 2.20. The maximum atomic E-state index is 12.2. The lowest BCUT2D eigenvalue weighted by Crippen LogP contribution is -2.09. The molecular weight excluding hydrogens is 382 g/mol. The summed E-state index contributed by atoms with van der Waals surface area (Å²) < 4.78 is 30.4. The number of pyridine rings is 1. The molecule has 0 unspecified atom stereocenters. The molecule has 3 aromatic rings. The van der Waals surface area contributed by atoms with Crippen molar-refractivity contribution in [3.63, 3.8) is 0 Å². The van der Waals surface area contributed by atoms with Crippen molar-refractivity contribution in [2.45, 2.75) is 11.3 Å². The highest BCUT2D eigenvalue weighted by atomic mass is 79.9. The van der Waals surface area contributed by atoms with Gasteiger partial charge in [0.1, 0.15) is 0 Å². The fraction of sp³-hybridized carbons (Fsp3) is 0.133. The molecular formula is C15H12BrN3O3S. The summed E-state index contributed by atoms with van der Waals surface area (Å²) in [5.41, 5.74) is 0.670. The summed E-state index contributed by atoms with van der Waals surface area (Å²) in [7, 11) is -3.36. The third-order valence-electron chi connectivity index (χ3n) is 3.12. The molecule has 23 heavy (non-hydrogen) atoms. The third-order valence-corrected chi connectivity index (χ3v) is 5.28. The number of nitrogens with zero attached hydrogens (tertiary/aromatic N) is 3. The van der Waals surface area contributed by atoms with Crippen LogP contribution in [0.2, 0.25) is 0 Å². The van der Waals surface area contributed by atoms with Crippen LogP contribution in [0.1, 0.15) is 5.82 Å². The van der Waals surface area contributed by atoms with Gasteiger partial charge in [-0.1, -0.05) is 23.4 Å². The van der Waals surface area contributed by atoms with Crippen LogP contribution in [0.3, 0.4) is 0 Å². The third kappa shape index (κ3) is 3.83. The molecule has 0 amide bonds. The minimum absolute atomic E-state index is 0.0767. The predicted octanol–water partition coefficient (Wildman–Crippen LogP) is 2.91. The number of sulfone groups is 1. The summed E-state index contributed by atoms with van der Waals surface area (Å²) in [4.78, 5) is 8.53. The second-order valence-electron chi connectivity index (χ2n) is 4.79. The van der Waals surface area contributed by atoms with E-state index in [9.17, 15) is 8.42 Å². The minimum Gasteiger partial charge on any atom is -0.334 e. The molecule has 1 aromatic carbocycles. The number of aryl methyl sites for hydroxylation is 1. The first-order valence-electron chi connectivity index (χ1n) is 6.76. The smallest absolute Gasteiger partial charge is 0.259 e. The average Bonchev–Trinajstić information content (AvgIpc) is 3.03. The van der Waals surface area contributed by atoms with Crippen LogP contribution in [0.15, 0.2) is 62.7 Å². The summed E-state index contributed by atoms with van der Waals surface area (Å²) in [5.74, 6) is 0.581. The van der Waals surface area contributed by atoms with Crippen molar-refractivity contribution >= 4 is 25.8 Å². The molecule has 0 aliphatic heterocycles. The van der Waals surface area contributed by atoms with Crippen LogP contribution in [0, 0.1) is 0 Å². The normalized spacial score (nSPS) is 11.5. The van der Waals surface area contributed by atoms with Crippen LogP contribution >= 0.6 is 15.9 Å². The molecule has 0 aliphatic rings. The van der Waals surface area contributed by atoms with Crippen molar-refractivity contribution in [1.29, 1.82) is 0 Å². The first-order valence-corrected chi connectivity index (χ1v) is 9.20. The summed E-state index contributed by atoms with van der Waals surface area (Å²) in [6.45, 7) is 0. The van der Waals surface area contributed by atoms with Gasteiger partial charge in [-0.3, -0.25) is 4.98 Å². The van der Waals surface area contributed by atoms with E-state index in [4.69, 9.17) is 4.52 Å². The fourth-order valence-electron chi connectivity index (χ4n) is 1.97. The molecule has 0 bridgehead atoms. The number of hydrogen-bond acceptors (Lipinski definition) is 6. The summed E-state index contributed by atoms with van der Waals surface area (Å²) in [6, 6.07) is 10.1.